The van der Waals surface area contributed by atoms with Crippen molar-refractivity contribution in [2.75, 3.05) is 6.54 Å². The summed E-state index contributed by atoms with van der Waals surface area (Å²) >= 11 is 1.65. The van der Waals surface area contributed by atoms with Crippen molar-refractivity contribution < 1.29 is 4.42 Å². The zero-order chi connectivity index (χ0) is 9.80. The average molecular weight is 208 g/mol. The van der Waals surface area contributed by atoms with Gasteiger partial charge in [-0.25, -0.2) is 4.98 Å². The molecule has 2 rings (SSSR count). The van der Waals surface area contributed by atoms with Crippen LogP contribution in [0, 0.1) is 0 Å². The lowest BCUT2D eigenvalue weighted by molar-refractivity contribution is 0.571. The van der Waals surface area contributed by atoms with E-state index in [1.807, 2.05) is 16.8 Å². The van der Waals surface area contributed by atoms with Crippen molar-refractivity contribution >= 4 is 11.3 Å². The van der Waals surface area contributed by atoms with Gasteiger partial charge in [-0.1, -0.05) is 6.92 Å². The summed E-state index contributed by atoms with van der Waals surface area (Å²) in [6.45, 7) is 3.78. The van der Waals surface area contributed by atoms with Crippen molar-refractivity contribution in [3.63, 3.8) is 0 Å². The quantitative estimate of drug-likeness (QED) is 0.839. The molecule has 0 spiro atoms. The van der Waals surface area contributed by atoms with E-state index in [4.69, 9.17) is 4.42 Å². The van der Waals surface area contributed by atoms with Crippen LogP contribution in [0.15, 0.2) is 27.5 Å². The highest BCUT2D eigenvalue weighted by Gasteiger charge is 2.05. The number of oxazole rings is 1. The molecule has 2 aromatic rings. The van der Waals surface area contributed by atoms with Gasteiger partial charge in [0.1, 0.15) is 6.26 Å². The predicted octanol–water partition coefficient (Wildman–Crippen LogP) is 2.51. The Morgan fingerprint density at radius 3 is 3.21 bits per heavy atom. The summed E-state index contributed by atoms with van der Waals surface area (Å²) in [6, 6.07) is 2.01. The smallest absolute Gasteiger partial charge is 0.227 e. The zero-order valence-corrected chi connectivity index (χ0v) is 8.80. The van der Waals surface area contributed by atoms with Crippen LogP contribution in [0.25, 0.3) is 11.5 Å². The summed E-state index contributed by atoms with van der Waals surface area (Å²) in [5.74, 6) is 0.708. The normalized spacial score (nSPS) is 10.6. The Hall–Kier alpha value is -1.13. The molecule has 0 radical (unpaired) electrons. The topological polar surface area (TPSA) is 38.1 Å². The number of aromatic nitrogens is 1. The number of hydrogen-bond donors (Lipinski definition) is 1. The number of rotatable bonds is 4. The van der Waals surface area contributed by atoms with E-state index in [0.717, 1.165) is 24.3 Å². The second-order valence-electron chi connectivity index (χ2n) is 2.94. The SMILES string of the molecule is CCNCc1coc(-c2ccsc2)n1. The Morgan fingerprint density at radius 2 is 2.50 bits per heavy atom. The molecule has 3 nitrogen and oxygen atoms in total. The second kappa shape index (κ2) is 4.39. The van der Waals surface area contributed by atoms with Gasteiger partial charge in [0.15, 0.2) is 0 Å². The molecule has 14 heavy (non-hydrogen) atoms. The zero-order valence-electron chi connectivity index (χ0n) is 7.99. The van der Waals surface area contributed by atoms with Gasteiger partial charge in [-0.05, 0) is 18.0 Å². The Kier molecular flexibility index (Phi) is 2.96. The maximum absolute atomic E-state index is 5.36. The fraction of sp³-hybridized carbons (Fsp3) is 0.300. The van der Waals surface area contributed by atoms with Gasteiger partial charge < -0.3 is 9.73 Å². The molecule has 0 unspecified atom stereocenters. The van der Waals surface area contributed by atoms with Gasteiger partial charge in [0.2, 0.25) is 5.89 Å². The third kappa shape index (κ3) is 2.02. The molecule has 0 aliphatic rings. The third-order valence-electron chi connectivity index (χ3n) is 1.88. The van der Waals surface area contributed by atoms with Crippen LogP contribution in [0.5, 0.6) is 0 Å². The van der Waals surface area contributed by atoms with Gasteiger partial charge in [0.25, 0.3) is 0 Å². The molecule has 4 heteroatoms. The summed E-state index contributed by atoms with van der Waals surface area (Å²) in [5.41, 5.74) is 2.01. The fourth-order valence-corrected chi connectivity index (χ4v) is 1.79. The Bertz CT molecular complexity index is 380. The molecule has 0 aliphatic carbocycles. The van der Waals surface area contributed by atoms with Gasteiger partial charge in [0, 0.05) is 17.5 Å². The molecule has 0 saturated carbocycles. The van der Waals surface area contributed by atoms with Gasteiger partial charge in [-0.2, -0.15) is 11.3 Å². The van der Waals surface area contributed by atoms with Crippen LogP contribution in [0.1, 0.15) is 12.6 Å². The minimum absolute atomic E-state index is 0.708. The van der Waals surface area contributed by atoms with Crippen LogP contribution >= 0.6 is 11.3 Å². The monoisotopic (exact) mass is 208 g/mol. The van der Waals surface area contributed by atoms with Crippen LogP contribution in [0.3, 0.4) is 0 Å². The largest absolute Gasteiger partial charge is 0.444 e. The lowest BCUT2D eigenvalue weighted by Crippen LogP contribution is -2.11. The first-order valence-electron chi connectivity index (χ1n) is 4.58. The standard InChI is InChI=1S/C10H12N2OS/c1-2-11-5-9-6-13-10(12-9)8-3-4-14-7-8/h3-4,6-7,11H,2,5H2,1H3. The molecule has 2 aromatic heterocycles. The highest BCUT2D eigenvalue weighted by molar-refractivity contribution is 7.08. The fourth-order valence-electron chi connectivity index (χ4n) is 1.16. The van der Waals surface area contributed by atoms with Crippen molar-refractivity contribution in [3.8, 4) is 11.5 Å². The number of nitrogens with one attached hydrogen (secondary N) is 1. The van der Waals surface area contributed by atoms with Gasteiger partial charge in [-0.3, -0.25) is 0 Å². The first kappa shape index (κ1) is 9.43. The van der Waals surface area contributed by atoms with E-state index in [1.54, 1.807) is 17.6 Å². The molecule has 74 valence electrons. The molecule has 0 bridgehead atoms. The number of thiophene rings is 1. The molecule has 0 aliphatic heterocycles. The second-order valence-corrected chi connectivity index (χ2v) is 3.72. The first-order chi connectivity index (χ1) is 6.90. The molecule has 0 saturated heterocycles. The van der Waals surface area contributed by atoms with Crippen molar-refractivity contribution in [2.45, 2.75) is 13.5 Å². The maximum Gasteiger partial charge on any atom is 0.227 e. The molecule has 0 aromatic carbocycles. The summed E-state index contributed by atoms with van der Waals surface area (Å²) in [5, 5.41) is 7.25. The molecular formula is C10H12N2OS. The van der Waals surface area contributed by atoms with Crippen molar-refractivity contribution in [3.05, 3.63) is 28.8 Å². The number of hydrogen-bond acceptors (Lipinski definition) is 4. The van der Waals surface area contributed by atoms with E-state index in [-0.39, 0.29) is 0 Å². The number of nitrogens with zero attached hydrogens (tertiary/aromatic N) is 1. The van der Waals surface area contributed by atoms with E-state index in [9.17, 15) is 0 Å². The Morgan fingerprint density at radius 1 is 1.57 bits per heavy atom. The summed E-state index contributed by atoms with van der Waals surface area (Å²) in [7, 11) is 0. The summed E-state index contributed by atoms with van der Waals surface area (Å²) in [4.78, 5) is 4.37. The Balaban J connectivity index is 2.10. The third-order valence-corrected chi connectivity index (χ3v) is 2.56. The molecule has 0 amide bonds. The molecule has 2 heterocycles. The Labute approximate surface area is 86.8 Å². The van der Waals surface area contributed by atoms with Crippen LogP contribution in [0.4, 0.5) is 0 Å². The van der Waals surface area contributed by atoms with Crippen molar-refractivity contribution in [1.82, 2.24) is 10.3 Å². The van der Waals surface area contributed by atoms with E-state index in [1.165, 1.54) is 0 Å². The molecule has 0 fully saturated rings. The van der Waals surface area contributed by atoms with E-state index < -0.39 is 0 Å². The van der Waals surface area contributed by atoms with Crippen LogP contribution in [-0.4, -0.2) is 11.5 Å². The van der Waals surface area contributed by atoms with Gasteiger partial charge in [0.05, 0.1) is 5.69 Å². The molecule has 0 atom stereocenters. The van der Waals surface area contributed by atoms with E-state index in [2.05, 4.69) is 17.2 Å². The summed E-state index contributed by atoms with van der Waals surface area (Å²) < 4.78 is 5.36. The predicted molar refractivity (Wildman–Crippen MR) is 57.2 cm³/mol. The van der Waals surface area contributed by atoms with Crippen LogP contribution < -0.4 is 5.32 Å². The lowest BCUT2D eigenvalue weighted by atomic mass is 10.3. The maximum atomic E-state index is 5.36. The molecule has 1 N–H and O–H groups in total. The van der Waals surface area contributed by atoms with Gasteiger partial charge >= 0.3 is 0 Å². The van der Waals surface area contributed by atoms with E-state index in [0.29, 0.717) is 5.89 Å². The van der Waals surface area contributed by atoms with Gasteiger partial charge in [-0.15, -0.1) is 0 Å². The highest BCUT2D eigenvalue weighted by Crippen LogP contribution is 2.20. The van der Waals surface area contributed by atoms with E-state index >= 15 is 0 Å². The first-order valence-corrected chi connectivity index (χ1v) is 5.52. The minimum atomic E-state index is 0.708. The van der Waals surface area contributed by atoms with Crippen LogP contribution in [0.2, 0.25) is 0 Å². The van der Waals surface area contributed by atoms with Crippen molar-refractivity contribution in [1.29, 1.82) is 0 Å². The lowest BCUT2D eigenvalue weighted by Gasteiger charge is -1.93. The van der Waals surface area contributed by atoms with Crippen molar-refractivity contribution in [2.24, 2.45) is 0 Å². The average Bonchev–Trinajstić information content (AvgIpc) is 2.85. The molecular weight excluding hydrogens is 196 g/mol. The minimum Gasteiger partial charge on any atom is -0.444 e. The summed E-state index contributed by atoms with van der Waals surface area (Å²) in [6.07, 6.45) is 1.70. The highest BCUT2D eigenvalue weighted by atomic mass is 32.1. The van der Waals surface area contributed by atoms with Crippen LogP contribution in [-0.2, 0) is 6.54 Å².